The number of anilines is 1. The van der Waals surface area contributed by atoms with E-state index >= 15 is 0 Å². The number of amidine groups is 1. The smallest absolute Gasteiger partial charge is 0.334 e. The summed E-state index contributed by atoms with van der Waals surface area (Å²) in [5.74, 6) is -0.0117. The van der Waals surface area contributed by atoms with Crippen molar-refractivity contribution < 1.29 is 17.9 Å². The van der Waals surface area contributed by atoms with Crippen molar-refractivity contribution in [1.29, 1.82) is 0 Å². The summed E-state index contributed by atoms with van der Waals surface area (Å²) in [5, 5.41) is 3.33. The molecule has 1 aliphatic heterocycles. The largest absolute Gasteiger partial charge is 0.463 e. The molecule has 202 valence electrons. The van der Waals surface area contributed by atoms with Crippen molar-refractivity contribution in [2.45, 2.75) is 23.8 Å². The second-order valence-corrected chi connectivity index (χ2v) is 11.8. The zero-order valence-electron chi connectivity index (χ0n) is 21.8. The van der Waals surface area contributed by atoms with Crippen molar-refractivity contribution in [3.05, 3.63) is 137 Å². The fourth-order valence-corrected chi connectivity index (χ4v) is 5.67. The average molecular weight is 571 g/mol. The molecule has 8 heteroatoms. The molecule has 5 rings (SSSR count). The summed E-state index contributed by atoms with van der Waals surface area (Å²) in [6.45, 7) is 1.97. The van der Waals surface area contributed by atoms with Gasteiger partial charge in [-0.2, -0.15) is 0 Å². The number of halogens is 1. The second kappa shape index (κ2) is 11.5. The lowest BCUT2D eigenvalue weighted by molar-refractivity contribution is -0.138. The summed E-state index contributed by atoms with van der Waals surface area (Å²) in [7, 11) is 1.68. The number of nitrogens with one attached hydrogen (secondary N) is 1. The van der Waals surface area contributed by atoms with Crippen LogP contribution in [0.15, 0.2) is 125 Å². The van der Waals surface area contributed by atoms with Crippen LogP contribution in [0.4, 0.5) is 5.69 Å². The summed E-state index contributed by atoms with van der Waals surface area (Å²) < 4.78 is 29.6. The van der Waals surface area contributed by atoms with E-state index in [2.05, 4.69) is 5.32 Å². The molecule has 0 radical (unpaired) electrons. The predicted molar refractivity (Wildman–Crippen MR) is 159 cm³/mol. The van der Waals surface area contributed by atoms with Crippen molar-refractivity contribution in [2.75, 3.05) is 11.9 Å². The minimum absolute atomic E-state index is 0.0619. The molecule has 1 heterocycles. The fourth-order valence-electron chi connectivity index (χ4n) is 4.90. The minimum atomic E-state index is -3.99. The van der Waals surface area contributed by atoms with Crippen LogP contribution in [-0.4, -0.2) is 26.8 Å². The SMILES string of the molecule is CCOC(=O)C1=Cc2ccc(S(=O)(=O)Cl)cc2NC(=NC(c2ccccc2)(c2ccccc2)c2ccccc2)C1. The van der Waals surface area contributed by atoms with Gasteiger partial charge in [0.2, 0.25) is 0 Å². The van der Waals surface area contributed by atoms with Crippen LogP contribution in [0.1, 0.15) is 35.6 Å². The quantitative estimate of drug-likeness (QED) is 0.151. The Morgan fingerprint density at radius 2 is 1.40 bits per heavy atom. The van der Waals surface area contributed by atoms with Crippen LogP contribution in [0, 0.1) is 0 Å². The van der Waals surface area contributed by atoms with E-state index in [1.165, 1.54) is 12.1 Å². The van der Waals surface area contributed by atoms with Crippen LogP contribution in [-0.2, 0) is 24.1 Å². The molecule has 40 heavy (non-hydrogen) atoms. The van der Waals surface area contributed by atoms with Gasteiger partial charge in [0.25, 0.3) is 9.05 Å². The molecule has 0 aliphatic carbocycles. The Kier molecular flexibility index (Phi) is 7.87. The molecule has 0 amide bonds. The van der Waals surface area contributed by atoms with Crippen molar-refractivity contribution in [1.82, 2.24) is 0 Å². The molecule has 0 bridgehead atoms. The lowest BCUT2D eigenvalue weighted by atomic mass is 9.77. The van der Waals surface area contributed by atoms with E-state index in [-0.39, 0.29) is 17.9 Å². The molecule has 6 nitrogen and oxygen atoms in total. The highest BCUT2D eigenvalue weighted by Gasteiger charge is 2.37. The molecule has 0 saturated carbocycles. The molecule has 1 N–H and O–H groups in total. The molecular weight excluding hydrogens is 544 g/mol. The van der Waals surface area contributed by atoms with Gasteiger partial charge in [-0.1, -0.05) is 97.1 Å². The van der Waals surface area contributed by atoms with Crippen molar-refractivity contribution in [3.8, 4) is 0 Å². The summed E-state index contributed by atoms with van der Waals surface area (Å²) in [6, 6.07) is 34.3. The summed E-state index contributed by atoms with van der Waals surface area (Å²) >= 11 is 0. The van der Waals surface area contributed by atoms with E-state index in [9.17, 15) is 13.2 Å². The number of aliphatic imine (C=N–C) groups is 1. The first-order valence-corrected chi connectivity index (χ1v) is 15.1. The fraction of sp³-hybridized carbons (Fsp3) is 0.125. The van der Waals surface area contributed by atoms with Crippen LogP contribution in [0.2, 0.25) is 0 Å². The third kappa shape index (κ3) is 5.57. The van der Waals surface area contributed by atoms with E-state index in [1.807, 2.05) is 91.0 Å². The van der Waals surface area contributed by atoms with Crippen molar-refractivity contribution in [2.24, 2.45) is 4.99 Å². The number of fused-ring (bicyclic) bond motifs is 1. The van der Waals surface area contributed by atoms with E-state index in [4.69, 9.17) is 20.4 Å². The number of hydrogen-bond donors (Lipinski definition) is 1. The monoisotopic (exact) mass is 570 g/mol. The number of hydrogen-bond acceptors (Lipinski definition) is 5. The molecule has 0 unspecified atom stereocenters. The van der Waals surface area contributed by atoms with Gasteiger partial charge in [-0.25, -0.2) is 13.2 Å². The van der Waals surface area contributed by atoms with Gasteiger partial charge in [-0.05, 0) is 47.4 Å². The zero-order chi connectivity index (χ0) is 28.2. The van der Waals surface area contributed by atoms with Gasteiger partial charge in [0.1, 0.15) is 11.4 Å². The van der Waals surface area contributed by atoms with Crippen LogP contribution in [0.25, 0.3) is 6.08 Å². The Bertz CT molecular complexity index is 1590. The number of nitrogens with zero attached hydrogens (tertiary/aromatic N) is 1. The number of benzene rings is 4. The first-order valence-electron chi connectivity index (χ1n) is 12.8. The van der Waals surface area contributed by atoms with E-state index in [1.54, 1.807) is 19.1 Å². The molecule has 0 aromatic heterocycles. The second-order valence-electron chi connectivity index (χ2n) is 9.25. The van der Waals surface area contributed by atoms with Gasteiger partial charge >= 0.3 is 5.97 Å². The van der Waals surface area contributed by atoms with Crippen LogP contribution >= 0.6 is 10.7 Å². The normalized spacial score (nSPS) is 14.4. The first-order chi connectivity index (χ1) is 19.3. The Morgan fingerprint density at radius 3 is 1.88 bits per heavy atom. The highest BCUT2D eigenvalue weighted by Crippen LogP contribution is 2.41. The highest BCUT2D eigenvalue weighted by molar-refractivity contribution is 8.13. The molecule has 0 atom stereocenters. The van der Waals surface area contributed by atoms with Gasteiger partial charge in [-0.3, -0.25) is 4.99 Å². The maximum absolute atomic E-state index is 13.0. The van der Waals surface area contributed by atoms with E-state index in [0.717, 1.165) is 16.7 Å². The van der Waals surface area contributed by atoms with E-state index < -0.39 is 20.6 Å². The molecule has 0 fully saturated rings. The lowest BCUT2D eigenvalue weighted by Gasteiger charge is -2.33. The molecular formula is C32H27ClN2O4S. The van der Waals surface area contributed by atoms with Gasteiger partial charge < -0.3 is 10.1 Å². The number of carbonyl (C=O) groups excluding carboxylic acids is 1. The minimum Gasteiger partial charge on any atom is -0.463 e. The summed E-state index contributed by atoms with van der Waals surface area (Å²) in [6.07, 6.45) is 1.83. The van der Waals surface area contributed by atoms with Crippen LogP contribution in [0.3, 0.4) is 0 Å². The number of carbonyl (C=O) groups is 1. The Hall–Kier alpha value is -4.20. The van der Waals surface area contributed by atoms with Crippen molar-refractivity contribution in [3.63, 3.8) is 0 Å². The molecule has 1 aliphatic rings. The van der Waals surface area contributed by atoms with Crippen LogP contribution in [0.5, 0.6) is 0 Å². The molecule has 0 spiro atoms. The Labute approximate surface area is 238 Å². The molecule has 0 saturated heterocycles. The average Bonchev–Trinajstić information content (AvgIpc) is 3.15. The zero-order valence-corrected chi connectivity index (χ0v) is 23.3. The highest BCUT2D eigenvalue weighted by atomic mass is 35.7. The lowest BCUT2D eigenvalue weighted by Crippen LogP contribution is -2.31. The van der Waals surface area contributed by atoms with Gasteiger partial charge in [0, 0.05) is 28.4 Å². The third-order valence-electron chi connectivity index (χ3n) is 6.69. The van der Waals surface area contributed by atoms with Gasteiger partial charge in [-0.15, -0.1) is 0 Å². The number of rotatable bonds is 7. The van der Waals surface area contributed by atoms with Gasteiger partial charge in [0.15, 0.2) is 0 Å². The third-order valence-corrected chi connectivity index (χ3v) is 8.04. The maximum Gasteiger partial charge on any atom is 0.334 e. The Morgan fingerprint density at radius 1 is 0.875 bits per heavy atom. The number of ether oxygens (including phenoxy) is 1. The first kappa shape index (κ1) is 27.4. The predicted octanol–water partition coefficient (Wildman–Crippen LogP) is 6.77. The van der Waals surface area contributed by atoms with Crippen molar-refractivity contribution >= 4 is 43.3 Å². The number of esters is 1. The Balaban J connectivity index is 1.79. The van der Waals surface area contributed by atoms with Gasteiger partial charge in [0.05, 0.1) is 11.5 Å². The van der Waals surface area contributed by atoms with Crippen LogP contribution < -0.4 is 5.32 Å². The standard InChI is InChI=1S/C32H27ClN2O4S/c1-2-39-31(36)24-20-23-18-19-28(40(33,37)38)22-29(23)34-30(21-24)35-32(25-12-6-3-7-13-25,26-14-8-4-9-15-26)27-16-10-5-11-17-27/h3-20,22H,2,21H2,1H3,(H,34,35). The van der Waals surface area contributed by atoms with E-state index in [0.29, 0.717) is 22.7 Å². The molecule has 4 aromatic rings. The maximum atomic E-state index is 13.0. The topological polar surface area (TPSA) is 84.8 Å². The molecule has 4 aromatic carbocycles. The summed E-state index contributed by atoms with van der Waals surface area (Å²) in [4.78, 5) is 18.4. The summed E-state index contributed by atoms with van der Waals surface area (Å²) in [5.41, 5.74) is 3.23.